The summed E-state index contributed by atoms with van der Waals surface area (Å²) in [6.07, 6.45) is 5.56. The normalized spacial score (nSPS) is 15.8. The summed E-state index contributed by atoms with van der Waals surface area (Å²) < 4.78 is 0.980. The van der Waals surface area contributed by atoms with Crippen LogP contribution in [-0.4, -0.2) is 46.0 Å². The first-order valence-corrected chi connectivity index (χ1v) is 8.86. The molecule has 0 radical (unpaired) electrons. The van der Waals surface area contributed by atoms with Gasteiger partial charge in [-0.05, 0) is 45.8 Å². The Morgan fingerprint density at radius 2 is 1.92 bits per heavy atom. The molecule has 4 heterocycles. The first-order chi connectivity index (χ1) is 11.8. The highest BCUT2D eigenvalue weighted by molar-refractivity contribution is 9.10. The lowest BCUT2D eigenvalue weighted by atomic mass is 10.2. The van der Waals surface area contributed by atoms with Gasteiger partial charge in [0.05, 0.1) is 0 Å². The lowest BCUT2D eigenvalue weighted by Gasteiger charge is -2.35. The van der Waals surface area contributed by atoms with Crippen LogP contribution in [0.1, 0.15) is 5.56 Å². The smallest absolute Gasteiger partial charge is 0.161 e. The van der Waals surface area contributed by atoms with E-state index in [4.69, 9.17) is 4.98 Å². The van der Waals surface area contributed by atoms with E-state index in [9.17, 15) is 0 Å². The zero-order valence-corrected chi connectivity index (χ0v) is 14.9. The summed E-state index contributed by atoms with van der Waals surface area (Å²) in [5.74, 6) is 1.01. The number of aromatic nitrogens is 3. The first kappa shape index (κ1) is 15.5. The number of halogens is 1. The monoisotopic (exact) mass is 383 g/mol. The standard InChI is InChI=1S/C18H18BrN5/c19-16-10-15-3-4-17(22-18(15)21-12-16)24-8-6-23(7-9-24)13-14-2-1-5-20-11-14/h1-5,10-12H,6-9,13H2. The molecular weight excluding hydrogens is 366 g/mol. The van der Waals surface area contributed by atoms with Crippen molar-refractivity contribution in [3.05, 3.63) is 59.0 Å². The second kappa shape index (κ2) is 6.83. The SMILES string of the molecule is Brc1cnc2nc(N3CCN(Cc4cccnc4)CC3)ccc2c1. The van der Waals surface area contributed by atoms with Crippen LogP contribution in [0, 0.1) is 0 Å². The number of hydrogen-bond acceptors (Lipinski definition) is 5. The Balaban J connectivity index is 1.43. The summed E-state index contributed by atoms with van der Waals surface area (Å²) in [6, 6.07) is 10.4. The molecule has 0 amide bonds. The second-order valence-corrected chi connectivity index (χ2v) is 6.91. The minimum absolute atomic E-state index is 0.800. The van der Waals surface area contributed by atoms with Gasteiger partial charge in [0.2, 0.25) is 0 Å². The quantitative estimate of drug-likeness (QED) is 0.695. The predicted molar refractivity (Wildman–Crippen MR) is 99.0 cm³/mol. The van der Waals surface area contributed by atoms with Gasteiger partial charge in [-0.3, -0.25) is 9.88 Å². The Morgan fingerprint density at radius 3 is 2.71 bits per heavy atom. The molecule has 0 unspecified atom stereocenters. The Labute approximate surface area is 149 Å². The molecule has 0 bridgehead atoms. The van der Waals surface area contributed by atoms with E-state index in [0.29, 0.717) is 0 Å². The minimum Gasteiger partial charge on any atom is -0.354 e. The molecule has 6 heteroatoms. The highest BCUT2D eigenvalue weighted by atomic mass is 79.9. The summed E-state index contributed by atoms with van der Waals surface area (Å²) in [5, 5.41) is 1.06. The van der Waals surface area contributed by atoms with E-state index in [-0.39, 0.29) is 0 Å². The van der Waals surface area contributed by atoms with Crippen LogP contribution in [0.5, 0.6) is 0 Å². The molecule has 3 aromatic rings. The van der Waals surface area contributed by atoms with Gasteiger partial charge < -0.3 is 4.90 Å². The van der Waals surface area contributed by atoms with Gasteiger partial charge in [-0.25, -0.2) is 9.97 Å². The maximum absolute atomic E-state index is 4.71. The predicted octanol–water partition coefficient (Wildman–Crippen LogP) is 3.11. The topological polar surface area (TPSA) is 45.2 Å². The molecule has 122 valence electrons. The summed E-state index contributed by atoms with van der Waals surface area (Å²) in [7, 11) is 0. The minimum atomic E-state index is 0.800. The van der Waals surface area contributed by atoms with E-state index < -0.39 is 0 Å². The fourth-order valence-electron chi connectivity index (χ4n) is 3.03. The van der Waals surface area contributed by atoms with Crippen molar-refractivity contribution in [3.63, 3.8) is 0 Å². The molecule has 1 saturated heterocycles. The molecule has 0 aromatic carbocycles. The number of pyridine rings is 3. The zero-order valence-electron chi connectivity index (χ0n) is 13.3. The van der Waals surface area contributed by atoms with E-state index in [1.54, 1.807) is 6.20 Å². The Bertz CT molecular complexity index is 831. The maximum atomic E-state index is 4.71. The van der Waals surface area contributed by atoms with E-state index >= 15 is 0 Å². The number of nitrogens with zero attached hydrogens (tertiary/aromatic N) is 5. The number of rotatable bonds is 3. The second-order valence-electron chi connectivity index (χ2n) is 5.99. The van der Waals surface area contributed by atoms with Crippen LogP contribution in [0.2, 0.25) is 0 Å². The Morgan fingerprint density at radius 1 is 1.04 bits per heavy atom. The lowest BCUT2D eigenvalue weighted by molar-refractivity contribution is 0.249. The van der Waals surface area contributed by atoms with E-state index in [1.807, 2.05) is 24.5 Å². The molecule has 0 saturated carbocycles. The fraction of sp³-hybridized carbons (Fsp3) is 0.278. The molecule has 24 heavy (non-hydrogen) atoms. The van der Waals surface area contributed by atoms with Crippen molar-refractivity contribution in [1.82, 2.24) is 19.9 Å². The zero-order chi connectivity index (χ0) is 16.4. The van der Waals surface area contributed by atoms with Gasteiger partial charge >= 0.3 is 0 Å². The number of hydrogen-bond donors (Lipinski definition) is 0. The lowest BCUT2D eigenvalue weighted by Crippen LogP contribution is -2.46. The number of piperazine rings is 1. The molecule has 0 N–H and O–H groups in total. The van der Waals surface area contributed by atoms with Crippen molar-refractivity contribution in [3.8, 4) is 0 Å². The Kier molecular flexibility index (Phi) is 4.40. The third kappa shape index (κ3) is 3.39. The van der Waals surface area contributed by atoms with Crippen molar-refractivity contribution in [1.29, 1.82) is 0 Å². The van der Waals surface area contributed by atoms with Crippen molar-refractivity contribution >= 4 is 32.8 Å². The summed E-state index contributed by atoms with van der Waals surface area (Å²) in [6.45, 7) is 4.98. The van der Waals surface area contributed by atoms with E-state index in [1.165, 1.54) is 5.56 Å². The van der Waals surface area contributed by atoms with Crippen molar-refractivity contribution in [2.24, 2.45) is 0 Å². The first-order valence-electron chi connectivity index (χ1n) is 8.06. The van der Waals surface area contributed by atoms with Gasteiger partial charge in [-0.15, -0.1) is 0 Å². The summed E-state index contributed by atoms with van der Waals surface area (Å²) >= 11 is 3.45. The molecule has 4 rings (SSSR count). The third-order valence-electron chi connectivity index (χ3n) is 4.32. The fourth-order valence-corrected chi connectivity index (χ4v) is 3.38. The summed E-state index contributed by atoms with van der Waals surface area (Å²) in [4.78, 5) is 18.1. The Hall–Kier alpha value is -2.05. The molecule has 1 fully saturated rings. The largest absolute Gasteiger partial charge is 0.354 e. The van der Waals surface area contributed by atoms with Crippen LogP contribution in [0.4, 0.5) is 5.82 Å². The van der Waals surface area contributed by atoms with Gasteiger partial charge in [0, 0.05) is 61.2 Å². The summed E-state index contributed by atoms with van der Waals surface area (Å²) in [5.41, 5.74) is 2.07. The highest BCUT2D eigenvalue weighted by Gasteiger charge is 2.18. The van der Waals surface area contributed by atoms with Gasteiger partial charge in [0.25, 0.3) is 0 Å². The molecule has 1 aliphatic rings. The molecule has 0 atom stereocenters. The van der Waals surface area contributed by atoms with Crippen LogP contribution in [0.25, 0.3) is 11.0 Å². The third-order valence-corrected chi connectivity index (χ3v) is 4.75. The van der Waals surface area contributed by atoms with Crippen LogP contribution in [-0.2, 0) is 6.54 Å². The van der Waals surface area contributed by atoms with Crippen LogP contribution >= 0.6 is 15.9 Å². The van der Waals surface area contributed by atoms with Crippen LogP contribution < -0.4 is 4.90 Å². The van der Waals surface area contributed by atoms with Gasteiger partial charge in [0.15, 0.2) is 5.65 Å². The van der Waals surface area contributed by atoms with Crippen molar-refractivity contribution in [2.75, 3.05) is 31.1 Å². The van der Waals surface area contributed by atoms with Crippen LogP contribution in [0.3, 0.4) is 0 Å². The maximum Gasteiger partial charge on any atom is 0.161 e. The molecular formula is C18H18BrN5. The molecule has 3 aromatic heterocycles. The molecule has 0 spiro atoms. The van der Waals surface area contributed by atoms with E-state index in [0.717, 1.165) is 54.0 Å². The van der Waals surface area contributed by atoms with Crippen molar-refractivity contribution < 1.29 is 0 Å². The van der Waals surface area contributed by atoms with Gasteiger partial charge in [-0.2, -0.15) is 0 Å². The highest BCUT2D eigenvalue weighted by Crippen LogP contribution is 2.21. The number of anilines is 1. The average Bonchev–Trinajstić information content (AvgIpc) is 2.63. The molecule has 5 nitrogen and oxygen atoms in total. The van der Waals surface area contributed by atoms with Gasteiger partial charge in [0.1, 0.15) is 5.82 Å². The van der Waals surface area contributed by atoms with Gasteiger partial charge in [-0.1, -0.05) is 6.07 Å². The molecule has 0 aliphatic carbocycles. The van der Waals surface area contributed by atoms with E-state index in [2.05, 4.69) is 53.9 Å². The molecule has 1 aliphatic heterocycles. The van der Waals surface area contributed by atoms with Crippen molar-refractivity contribution in [2.45, 2.75) is 6.54 Å². The average molecular weight is 384 g/mol. The number of fused-ring (bicyclic) bond motifs is 1. The van der Waals surface area contributed by atoms with Crippen LogP contribution in [0.15, 0.2) is 53.4 Å².